The number of rotatable bonds is 3. The predicted octanol–water partition coefficient (Wildman–Crippen LogP) is 0.0505. The van der Waals surface area contributed by atoms with Crippen molar-refractivity contribution >= 4 is 11.8 Å². The van der Waals surface area contributed by atoms with Gasteiger partial charge in [-0.1, -0.05) is 20.3 Å². The van der Waals surface area contributed by atoms with E-state index >= 15 is 0 Å². The normalized spacial score (nSPS) is 21.1. The maximum atomic E-state index is 12.1. The molecule has 1 unspecified atom stereocenters. The highest BCUT2D eigenvalue weighted by Gasteiger charge is 2.28. The molecule has 2 amide bonds. The zero-order valence-corrected chi connectivity index (χ0v) is 11.0. The Morgan fingerprint density at radius 2 is 2.12 bits per heavy atom. The number of carbonyl (C=O) groups excluding carboxylic acids is 2. The van der Waals surface area contributed by atoms with Gasteiger partial charge in [0.1, 0.15) is 0 Å². The molecule has 1 saturated heterocycles. The predicted molar refractivity (Wildman–Crippen MR) is 66.3 cm³/mol. The zero-order valence-electron chi connectivity index (χ0n) is 11.0. The van der Waals surface area contributed by atoms with Crippen molar-refractivity contribution in [2.24, 2.45) is 11.7 Å². The summed E-state index contributed by atoms with van der Waals surface area (Å²) in [6.07, 6.45) is 1.69. The van der Waals surface area contributed by atoms with Crippen LogP contribution < -0.4 is 5.73 Å². The van der Waals surface area contributed by atoms with E-state index in [-0.39, 0.29) is 24.3 Å². The molecule has 0 aromatic rings. The van der Waals surface area contributed by atoms with Crippen molar-refractivity contribution in [1.29, 1.82) is 0 Å². The molecule has 1 aliphatic heterocycles. The molecule has 0 aromatic carbocycles. The molecule has 0 saturated carbocycles. The fourth-order valence-corrected chi connectivity index (χ4v) is 1.88. The van der Waals surface area contributed by atoms with Crippen molar-refractivity contribution in [2.75, 3.05) is 26.7 Å². The van der Waals surface area contributed by atoms with Gasteiger partial charge in [0.2, 0.25) is 11.8 Å². The summed E-state index contributed by atoms with van der Waals surface area (Å²) in [5.41, 5.74) is 5.92. The fourth-order valence-electron chi connectivity index (χ4n) is 1.88. The molecule has 17 heavy (non-hydrogen) atoms. The molecule has 0 spiro atoms. The van der Waals surface area contributed by atoms with Crippen LogP contribution in [0, 0.1) is 5.92 Å². The number of likely N-dealkylation sites (N-methyl/N-ethyl adjacent to an activating group) is 1. The number of nitrogens with two attached hydrogens (primary N) is 1. The number of nitrogens with zero attached hydrogens (tertiary/aromatic N) is 2. The molecule has 1 rings (SSSR count). The average molecular weight is 241 g/mol. The van der Waals surface area contributed by atoms with E-state index in [4.69, 9.17) is 5.73 Å². The average Bonchev–Trinajstić information content (AvgIpc) is 2.49. The Balaban J connectivity index is 2.65. The molecule has 1 fully saturated rings. The maximum absolute atomic E-state index is 12.1. The summed E-state index contributed by atoms with van der Waals surface area (Å²) < 4.78 is 0. The molecule has 1 heterocycles. The first kappa shape index (κ1) is 14.0. The van der Waals surface area contributed by atoms with Crippen LogP contribution in [0.4, 0.5) is 0 Å². The molecule has 1 aliphatic rings. The van der Waals surface area contributed by atoms with Crippen molar-refractivity contribution in [2.45, 2.75) is 32.7 Å². The van der Waals surface area contributed by atoms with Crippen LogP contribution in [0.3, 0.4) is 0 Å². The lowest BCUT2D eigenvalue weighted by atomic mass is 9.99. The van der Waals surface area contributed by atoms with E-state index < -0.39 is 6.04 Å². The third kappa shape index (κ3) is 3.43. The molecular formula is C12H23N3O2. The van der Waals surface area contributed by atoms with Gasteiger partial charge < -0.3 is 15.5 Å². The minimum atomic E-state index is -0.490. The number of amides is 2. The Morgan fingerprint density at radius 3 is 2.71 bits per heavy atom. The highest BCUT2D eigenvalue weighted by Crippen LogP contribution is 2.11. The van der Waals surface area contributed by atoms with Gasteiger partial charge in [0, 0.05) is 20.1 Å². The lowest BCUT2D eigenvalue weighted by molar-refractivity contribution is -0.139. The quantitative estimate of drug-likeness (QED) is 0.759. The van der Waals surface area contributed by atoms with E-state index in [9.17, 15) is 9.59 Å². The van der Waals surface area contributed by atoms with Gasteiger partial charge in [-0.05, 0) is 12.3 Å². The second-order valence-corrected chi connectivity index (χ2v) is 4.84. The summed E-state index contributed by atoms with van der Waals surface area (Å²) in [6.45, 7) is 5.48. The Labute approximate surface area is 103 Å². The van der Waals surface area contributed by atoms with E-state index in [1.165, 1.54) is 0 Å². The SMILES string of the molecule is CCC(C)[C@H](N)C(=O)N1CCCN(C)C(=O)C1. The smallest absolute Gasteiger partial charge is 0.241 e. The van der Waals surface area contributed by atoms with Crippen LogP contribution in [0.2, 0.25) is 0 Å². The van der Waals surface area contributed by atoms with Crippen LogP contribution in [-0.4, -0.2) is 54.3 Å². The summed E-state index contributed by atoms with van der Waals surface area (Å²) in [4.78, 5) is 27.1. The van der Waals surface area contributed by atoms with Gasteiger partial charge in [0.25, 0.3) is 0 Å². The molecule has 98 valence electrons. The van der Waals surface area contributed by atoms with Crippen molar-refractivity contribution < 1.29 is 9.59 Å². The van der Waals surface area contributed by atoms with Crippen molar-refractivity contribution in [3.8, 4) is 0 Å². The van der Waals surface area contributed by atoms with E-state index in [1.54, 1.807) is 16.8 Å². The molecule has 5 nitrogen and oxygen atoms in total. The van der Waals surface area contributed by atoms with Gasteiger partial charge >= 0.3 is 0 Å². The van der Waals surface area contributed by atoms with Crippen molar-refractivity contribution in [3.63, 3.8) is 0 Å². The first-order valence-corrected chi connectivity index (χ1v) is 6.25. The minimum Gasteiger partial charge on any atom is -0.344 e. The second-order valence-electron chi connectivity index (χ2n) is 4.84. The molecule has 0 aromatic heterocycles. The Morgan fingerprint density at radius 1 is 1.47 bits per heavy atom. The Bertz CT molecular complexity index is 293. The Hall–Kier alpha value is -1.10. The van der Waals surface area contributed by atoms with Crippen LogP contribution in [0.15, 0.2) is 0 Å². The largest absolute Gasteiger partial charge is 0.344 e. The van der Waals surface area contributed by atoms with Crippen LogP contribution in [0.25, 0.3) is 0 Å². The summed E-state index contributed by atoms with van der Waals surface area (Å²) in [6, 6.07) is -0.490. The number of carbonyl (C=O) groups is 2. The van der Waals surface area contributed by atoms with Gasteiger partial charge in [0.15, 0.2) is 0 Å². The van der Waals surface area contributed by atoms with Gasteiger partial charge in [-0.2, -0.15) is 0 Å². The third-order valence-corrected chi connectivity index (χ3v) is 3.53. The van der Waals surface area contributed by atoms with Crippen molar-refractivity contribution in [1.82, 2.24) is 9.80 Å². The van der Waals surface area contributed by atoms with E-state index in [1.807, 2.05) is 13.8 Å². The first-order valence-electron chi connectivity index (χ1n) is 6.25. The zero-order chi connectivity index (χ0) is 13.0. The summed E-state index contributed by atoms with van der Waals surface area (Å²) in [7, 11) is 1.77. The van der Waals surface area contributed by atoms with Gasteiger partial charge in [-0.3, -0.25) is 9.59 Å². The highest BCUT2D eigenvalue weighted by atomic mass is 16.2. The summed E-state index contributed by atoms with van der Waals surface area (Å²) in [5, 5.41) is 0. The fraction of sp³-hybridized carbons (Fsp3) is 0.833. The number of hydrogen-bond acceptors (Lipinski definition) is 3. The molecule has 2 N–H and O–H groups in total. The molecule has 5 heteroatoms. The monoisotopic (exact) mass is 241 g/mol. The van der Waals surface area contributed by atoms with Crippen LogP contribution in [0.1, 0.15) is 26.7 Å². The van der Waals surface area contributed by atoms with Crippen LogP contribution in [0.5, 0.6) is 0 Å². The molecule has 0 radical (unpaired) electrons. The summed E-state index contributed by atoms with van der Waals surface area (Å²) in [5.74, 6) is 0.0498. The van der Waals surface area contributed by atoms with E-state index in [0.717, 1.165) is 12.8 Å². The summed E-state index contributed by atoms with van der Waals surface area (Å²) >= 11 is 0. The van der Waals surface area contributed by atoms with Gasteiger partial charge in [0.05, 0.1) is 12.6 Å². The first-order chi connectivity index (χ1) is 7.97. The lowest BCUT2D eigenvalue weighted by Crippen LogP contribution is -2.49. The van der Waals surface area contributed by atoms with Gasteiger partial charge in [-0.15, -0.1) is 0 Å². The second kappa shape index (κ2) is 6.00. The molecule has 0 bridgehead atoms. The lowest BCUT2D eigenvalue weighted by Gasteiger charge is -2.26. The van der Waals surface area contributed by atoms with E-state index in [2.05, 4.69) is 0 Å². The standard InChI is InChI=1S/C12H23N3O2/c1-4-9(2)11(13)12(17)15-7-5-6-14(3)10(16)8-15/h9,11H,4-8,13H2,1-3H3/t9?,11-/m0/s1. The highest BCUT2D eigenvalue weighted by molar-refractivity contribution is 5.87. The molecule has 2 atom stereocenters. The molecular weight excluding hydrogens is 218 g/mol. The van der Waals surface area contributed by atoms with Crippen molar-refractivity contribution in [3.05, 3.63) is 0 Å². The third-order valence-electron chi connectivity index (χ3n) is 3.53. The topological polar surface area (TPSA) is 66.6 Å². The minimum absolute atomic E-state index is 0.00722. The van der Waals surface area contributed by atoms with Crippen LogP contribution >= 0.6 is 0 Å². The van der Waals surface area contributed by atoms with Crippen LogP contribution in [-0.2, 0) is 9.59 Å². The van der Waals surface area contributed by atoms with E-state index in [0.29, 0.717) is 13.1 Å². The Kier molecular flexibility index (Phi) is 4.93. The van der Waals surface area contributed by atoms with Gasteiger partial charge in [-0.25, -0.2) is 0 Å². The number of hydrogen-bond donors (Lipinski definition) is 1. The molecule has 0 aliphatic carbocycles. The maximum Gasteiger partial charge on any atom is 0.241 e.